The molecule has 0 aliphatic heterocycles. The molecule has 112 valence electrons. The molecule has 0 saturated heterocycles. The average Bonchev–Trinajstić information content (AvgIpc) is 2.45. The number of nitro benzene ring substituents is 1. The van der Waals surface area contributed by atoms with Gasteiger partial charge in [-0.25, -0.2) is 0 Å². The molecule has 0 radical (unpaired) electrons. The van der Waals surface area contributed by atoms with Gasteiger partial charge in [0.05, 0.1) is 30.8 Å². The predicted molar refractivity (Wildman–Crippen MR) is 76.0 cm³/mol. The summed E-state index contributed by atoms with van der Waals surface area (Å²) in [6.45, 7) is 0.584. The SMILES string of the molecule is COc1cc([C@@H](N)CCCCN)c([N+](=O)[O-])cc1OC. The van der Waals surface area contributed by atoms with E-state index < -0.39 is 11.0 Å². The van der Waals surface area contributed by atoms with Crippen molar-refractivity contribution in [3.05, 3.63) is 27.8 Å². The Kier molecular flexibility index (Phi) is 6.20. The molecule has 1 aromatic rings. The zero-order valence-electron chi connectivity index (χ0n) is 11.8. The van der Waals surface area contributed by atoms with Gasteiger partial charge in [0.25, 0.3) is 5.69 Å². The first-order valence-electron chi connectivity index (χ1n) is 6.41. The Labute approximate surface area is 118 Å². The topological polar surface area (TPSA) is 114 Å². The normalized spacial score (nSPS) is 12.0. The van der Waals surface area contributed by atoms with Gasteiger partial charge in [-0.2, -0.15) is 0 Å². The van der Waals surface area contributed by atoms with Crippen molar-refractivity contribution in [1.29, 1.82) is 0 Å². The third kappa shape index (κ3) is 3.82. The summed E-state index contributed by atoms with van der Waals surface area (Å²) in [7, 11) is 2.91. The van der Waals surface area contributed by atoms with Gasteiger partial charge in [-0.1, -0.05) is 6.42 Å². The molecule has 0 amide bonds. The van der Waals surface area contributed by atoms with E-state index >= 15 is 0 Å². The summed E-state index contributed by atoms with van der Waals surface area (Å²) >= 11 is 0. The number of hydrogen-bond acceptors (Lipinski definition) is 6. The van der Waals surface area contributed by atoms with Crippen molar-refractivity contribution in [3.63, 3.8) is 0 Å². The van der Waals surface area contributed by atoms with E-state index in [0.717, 1.165) is 12.8 Å². The van der Waals surface area contributed by atoms with E-state index in [4.69, 9.17) is 20.9 Å². The van der Waals surface area contributed by atoms with Crippen LogP contribution in [-0.4, -0.2) is 25.7 Å². The van der Waals surface area contributed by atoms with Crippen molar-refractivity contribution in [2.45, 2.75) is 25.3 Å². The zero-order chi connectivity index (χ0) is 15.1. The summed E-state index contributed by atoms with van der Waals surface area (Å²) in [5, 5.41) is 11.2. The fourth-order valence-corrected chi connectivity index (χ4v) is 2.00. The van der Waals surface area contributed by atoms with Crippen LogP contribution >= 0.6 is 0 Å². The first kappa shape index (κ1) is 16.2. The monoisotopic (exact) mass is 283 g/mol. The maximum absolute atomic E-state index is 11.2. The van der Waals surface area contributed by atoms with E-state index in [-0.39, 0.29) is 5.69 Å². The van der Waals surface area contributed by atoms with Gasteiger partial charge < -0.3 is 20.9 Å². The molecule has 4 N–H and O–H groups in total. The number of hydrogen-bond donors (Lipinski definition) is 2. The number of benzene rings is 1. The minimum atomic E-state index is -0.458. The molecule has 0 fully saturated rings. The number of methoxy groups -OCH3 is 2. The lowest BCUT2D eigenvalue weighted by atomic mass is 9.99. The summed E-state index contributed by atoms with van der Waals surface area (Å²) in [6, 6.07) is 2.49. The Morgan fingerprint density at radius 3 is 2.35 bits per heavy atom. The van der Waals surface area contributed by atoms with E-state index in [1.54, 1.807) is 6.07 Å². The molecule has 1 rings (SSSR count). The molecular formula is C13H21N3O4. The number of nitrogens with zero attached hydrogens (tertiary/aromatic N) is 1. The highest BCUT2D eigenvalue weighted by molar-refractivity contribution is 5.55. The number of rotatable bonds is 8. The molecule has 1 atom stereocenters. The number of ether oxygens (including phenoxy) is 2. The van der Waals surface area contributed by atoms with Crippen molar-refractivity contribution in [2.24, 2.45) is 11.5 Å². The van der Waals surface area contributed by atoms with Gasteiger partial charge in [0.1, 0.15) is 0 Å². The molecule has 0 aliphatic rings. The molecule has 20 heavy (non-hydrogen) atoms. The van der Waals surface area contributed by atoms with Crippen LogP contribution in [0.25, 0.3) is 0 Å². The van der Waals surface area contributed by atoms with E-state index in [1.165, 1.54) is 20.3 Å². The van der Waals surface area contributed by atoms with Crippen molar-refractivity contribution >= 4 is 5.69 Å². The van der Waals surface area contributed by atoms with Gasteiger partial charge >= 0.3 is 0 Å². The van der Waals surface area contributed by atoms with Crippen LogP contribution in [0.2, 0.25) is 0 Å². The number of nitrogens with two attached hydrogens (primary N) is 2. The minimum Gasteiger partial charge on any atom is -0.493 e. The Morgan fingerprint density at radius 1 is 1.25 bits per heavy atom. The highest BCUT2D eigenvalue weighted by Gasteiger charge is 2.23. The molecule has 0 saturated carbocycles. The summed E-state index contributed by atoms with van der Waals surface area (Å²) in [4.78, 5) is 10.7. The molecule has 0 aromatic heterocycles. The van der Waals surface area contributed by atoms with Crippen LogP contribution in [0.5, 0.6) is 11.5 Å². The quantitative estimate of drug-likeness (QED) is 0.427. The number of unbranched alkanes of at least 4 members (excludes halogenated alkanes) is 1. The highest BCUT2D eigenvalue weighted by atomic mass is 16.6. The van der Waals surface area contributed by atoms with Gasteiger partial charge in [-0.05, 0) is 25.5 Å². The van der Waals surface area contributed by atoms with Crippen LogP contribution in [0.1, 0.15) is 30.9 Å². The molecule has 0 bridgehead atoms. The molecule has 0 unspecified atom stereocenters. The lowest BCUT2D eigenvalue weighted by Gasteiger charge is -2.15. The van der Waals surface area contributed by atoms with Crippen LogP contribution in [0.15, 0.2) is 12.1 Å². The Hall–Kier alpha value is -1.86. The molecule has 7 nitrogen and oxygen atoms in total. The molecular weight excluding hydrogens is 262 g/mol. The van der Waals surface area contributed by atoms with Crippen LogP contribution in [-0.2, 0) is 0 Å². The number of nitro groups is 1. The van der Waals surface area contributed by atoms with Crippen molar-refractivity contribution in [1.82, 2.24) is 0 Å². The van der Waals surface area contributed by atoms with Crippen molar-refractivity contribution < 1.29 is 14.4 Å². The van der Waals surface area contributed by atoms with E-state index in [9.17, 15) is 10.1 Å². The Bertz CT molecular complexity index is 465. The van der Waals surface area contributed by atoms with E-state index in [1.807, 2.05) is 0 Å². The van der Waals surface area contributed by atoms with Gasteiger partial charge in [0.2, 0.25) is 0 Å². The second-order valence-corrected chi connectivity index (χ2v) is 4.41. The summed E-state index contributed by atoms with van der Waals surface area (Å²) < 4.78 is 10.2. The molecule has 7 heteroatoms. The van der Waals surface area contributed by atoms with Crippen molar-refractivity contribution in [3.8, 4) is 11.5 Å². The third-order valence-corrected chi connectivity index (χ3v) is 3.10. The summed E-state index contributed by atoms with van der Waals surface area (Å²) in [6.07, 6.45) is 2.30. The fraction of sp³-hybridized carbons (Fsp3) is 0.538. The Balaban J connectivity index is 3.11. The summed E-state index contributed by atoms with van der Waals surface area (Å²) in [5.74, 6) is 0.750. The molecule has 0 spiro atoms. The van der Waals surface area contributed by atoms with E-state index in [0.29, 0.717) is 30.0 Å². The zero-order valence-corrected chi connectivity index (χ0v) is 11.8. The van der Waals surface area contributed by atoms with Crippen LogP contribution < -0.4 is 20.9 Å². The average molecular weight is 283 g/mol. The molecule has 0 heterocycles. The van der Waals surface area contributed by atoms with E-state index in [2.05, 4.69) is 0 Å². The van der Waals surface area contributed by atoms with Crippen LogP contribution in [0.3, 0.4) is 0 Å². The minimum absolute atomic E-state index is 0.0529. The van der Waals surface area contributed by atoms with Gasteiger partial charge in [-0.3, -0.25) is 10.1 Å². The second kappa shape index (κ2) is 7.66. The maximum atomic E-state index is 11.2. The first-order valence-corrected chi connectivity index (χ1v) is 6.41. The predicted octanol–water partition coefficient (Wildman–Crippen LogP) is 1.74. The highest BCUT2D eigenvalue weighted by Crippen LogP contribution is 2.37. The smallest absolute Gasteiger partial charge is 0.278 e. The van der Waals surface area contributed by atoms with Gasteiger partial charge in [0.15, 0.2) is 11.5 Å². The maximum Gasteiger partial charge on any atom is 0.278 e. The third-order valence-electron chi connectivity index (χ3n) is 3.10. The van der Waals surface area contributed by atoms with Gasteiger partial charge in [0, 0.05) is 6.04 Å². The molecule has 1 aromatic carbocycles. The first-order chi connectivity index (χ1) is 9.54. The second-order valence-electron chi connectivity index (χ2n) is 4.41. The Morgan fingerprint density at radius 2 is 1.85 bits per heavy atom. The largest absolute Gasteiger partial charge is 0.493 e. The molecule has 0 aliphatic carbocycles. The van der Waals surface area contributed by atoms with Gasteiger partial charge in [-0.15, -0.1) is 0 Å². The summed E-state index contributed by atoms with van der Waals surface area (Å²) in [5.41, 5.74) is 11.9. The lowest BCUT2D eigenvalue weighted by molar-refractivity contribution is -0.385. The van der Waals surface area contributed by atoms with Crippen LogP contribution in [0, 0.1) is 10.1 Å². The van der Waals surface area contributed by atoms with Crippen molar-refractivity contribution in [2.75, 3.05) is 20.8 Å². The lowest BCUT2D eigenvalue weighted by Crippen LogP contribution is -2.13. The standard InChI is InChI=1S/C13H21N3O4/c1-19-12-7-9(10(15)5-3-4-6-14)11(16(17)18)8-13(12)20-2/h7-8,10H,3-6,14-15H2,1-2H3/t10-/m0/s1. The van der Waals surface area contributed by atoms with Crippen LogP contribution in [0.4, 0.5) is 5.69 Å². The fourth-order valence-electron chi connectivity index (χ4n) is 2.00.